The first-order valence-electron chi connectivity index (χ1n) is 8.77. The number of aliphatic hydroxyl groups is 1. The van der Waals surface area contributed by atoms with Crippen molar-refractivity contribution in [2.24, 2.45) is 5.73 Å². The molecule has 1 heterocycles. The van der Waals surface area contributed by atoms with Gasteiger partial charge in [0, 0.05) is 6.42 Å². The van der Waals surface area contributed by atoms with Gasteiger partial charge in [-0.15, -0.1) is 0 Å². The highest BCUT2D eigenvalue weighted by Gasteiger charge is 2.36. The van der Waals surface area contributed by atoms with Crippen LogP contribution in [-0.4, -0.2) is 23.9 Å². The van der Waals surface area contributed by atoms with E-state index in [1.807, 2.05) is 0 Å². The summed E-state index contributed by atoms with van der Waals surface area (Å²) in [5, 5.41) is 9.30. The maximum atomic E-state index is 9.30. The second-order valence-electron chi connectivity index (χ2n) is 6.78. The molecule has 1 fully saturated rings. The average molecular weight is 305 g/mol. The van der Waals surface area contributed by atoms with E-state index < -0.39 is 5.54 Å². The molecule has 1 aliphatic heterocycles. The molecule has 2 atom stereocenters. The maximum absolute atomic E-state index is 9.30. The van der Waals surface area contributed by atoms with Crippen LogP contribution in [0, 0.1) is 0 Å². The van der Waals surface area contributed by atoms with Crippen LogP contribution in [0.4, 0.5) is 0 Å². The largest absolute Gasteiger partial charge is 0.394 e. The van der Waals surface area contributed by atoms with Crippen LogP contribution in [0.2, 0.25) is 0 Å². The lowest BCUT2D eigenvalue weighted by molar-refractivity contribution is 0.0960. The van der Waals surface area contributed by atoms with E-state index >= 15 is 0 Å². The van der Waals surface area contributed by atoms with Gasteiger partial charge in [0.1, 0.15) is 0 Å². The molecule has 0 saturated carbocycles. The zero-order valence-corrected chi connectivity index (χ0v) is 13.9. The van der Waals surface area contributed by atoms with Crippen molar-refractivity contribution in [2.45, 2.75) is 69.9 Å². The number of rotatable bonds is 9. The van der Waals surface area contributed by atoms with Gasteiger partial charge in [-0.1, -0.05) is 63.3 Å². The Labute approximate surface area is 134 Å². The van der Waals surface area contributed by atoms with Crippen LogP contribution in [0.15, 0.2) is 24.3 Å². The highest BCUT2D eigenvalue weighted by atomic mass is 16.5. The number of hydrogen-bond donors (Lipinski definition) is 2. The van der Waals surface area contributed by atoms with E-state index in [0.717, 1.165) is 6.42 Å². The van der Waals surface area contributed by atoms with Crippen LogP contribution < -0.4 is 5.73 Å². The zero-order chi connectivity index (χ0) is 15.8. The van der Waals surface area contributed by atoms with Crippen molar-refractivity contribution in [3.63, 3.8) is 0 Å². The van der Waals surface area contributed by atoms with Crippen molar-refractivity contribution in [1.82, 2.24) is 0 Å². The molecule has 0 radical (unpaired) electrons. The summed E-state index contributed by atoms with van der Waals surface area (Å²) in [5.74, 6) is 0. The molecule has 0 spiro atoms. The van der Waals surface area contributed by atoms with Gasteiger partial charge in [-0.05, 0) is 24.0 Å². The summed E-state index contributed by atoms with van der Waals surface area (Å²) in [6, 6.07) is 8.72. The van der Waals surface area contributed by atoms with Gasteiger partial charge in [-0.3, -0.25) is 0 Å². The molecule has 124 valence electrons. The van der Waals surface area contributed by atoms with E-state index in [9.17, 15) is 5.11 Å². The summed E-state index contributed by atoms with van der Waals surface area (Å²) in [7, 11) is 0. The Hall–Kier alpha value is -0.900. The van der Waals surface area contributed by atoms with Gasteiger partial charge in [0.25, 0.3) is 0 Å². The Morgan fingerprint density at radius 1 is 1.14 bits per heavy atom. The Kier molecular flexibility index (Phi) is 6.87. The lowest BCUT2D eigenvalue weighted by Gasteiger charge is -2.18. The first-order valence-corrected chi connectivity index (χ1v) is 8.77. The number of aryl methyl sites for hydroxylation is 1. The molecular weight excluding hydrogens is 274 g/mol. The molecule has 3 heteroatoms. The Balaban J connectivity index is 1.74. The lowest BCUT2D eigenvalue weighted by atomic mass is 9.94. The smallest absolute Gasteiger partial charge is 0.0845 e. The van der Waals surface area contributed by atoms with Crippen molar-refractivity contribution in [1.29, 1.82) is 0 Å². The highest BCUT2D eigenvalue weighted by Crippen LogP contribution is 2.33. The van der Waals surface area contributed by atoms with Gasteiger partial charge >= 0.3 is 0 Å². The molecule has 0 bridgehead atoms. The second-order valence-corrected chi connectivity index (χ2v) is 6.78. The average Bonchev–Trinajstić information content (AvgIpc) is 2.94. The molecule has 1 aliphatic rings. The summed E-state index contributed by atoms with van der Waals surface area (Å²) in [5.41, 5.74) is 8.06. The number of hydrogen-bond acceptors (Lipinski definition) is 3. The fourth-order valence-corrected chi connectivity index (χ4v) is 3.09. The molecule has 1 aromatic carbocycles. The summed E-state index contributed by atoms with van der Waals surface area (Å²) >= 11 is 0. The van der Waals surface area contributed by atoms with Crippen LogP contribution in [0.25, 0.3) is 0 Å². The molecule has 0 aliphatic carbocycles. The summed E-state index contributed by atoms with van der Waals surface area (Å²) in [4.78, 5) is 0. The third kappa shape index (κ3) is 5.08. The van der Waals surface area contributed by atoms with Gasteiger partial charge in [0.2, 0.25) is 0 Å². The first-order chi connectivity index (χ1) is 10.7. The van der Waals surface area contributed by atoms with Gasteiger partial charge < -0.3 is 15.6 Å². The number of aliphatic hydroxyl groups excluding tert-OH is 1. The van der Waals surface area contributed by atoms with Crippen LogP contribution in [0.3, 0.4) is 0 Å². The van der Waals surface area contributed by atoms with E-state index in [-0.39, 0.29) is 12.7 Å². The summed E-state index contributed by atoms with van der Waals surface area (Å²) in [6.45, 7) is 2.68. The molecule has 2 rings (SSSR count). The fraction of sp³-hybridized carbons (Fsp3) is 0.684. The Bertz CT molecular complexity index is 432. The molecule has 22 heavy (non-hydrogen) atoms. The molecule has 0 aromatic heterocycles. The molecule has 3 N–H and O–H groups in total. The van der Waals surface area contributed by atoms with Crippen molar-refractivity contribution in [3.05, 3.63) is 35.4 Å². The van der Waals surface area contributed by atoms with Gasteiger partial charge in [-0.2, -0.15) is 0 Å². The molecule has 1 saturated heterocycles. The molecule has 0 unspecified atom stereocenters. The standard InChI is InChI=1S/C19H31NO2/c1-2-3-4-5-6-7-8-16-9-11-17(12-10-16)18-13-19(20,14-21)15-22-18/h9-12,18,21H,2-8,13-15,20H2,1H3/t18-,19-/m0/s1. The highest BCUT2D eigenvalue weighted by molar-refractivity contribution is 5.25. The van der Waals surface area contributed by atoms with Crippen LogP contribution in [0.5, 0.6) is 0 Å². The molecular formula is C19H31NO2. The quantitative estimate of drug-likeness (QED) is 0.683. The second kappa shape index (κ2) is 8.66. The minimum absolute atomic E-state index is 0.0143. The third-order valence-electron chi connectivity index (χ3n) is 4.65. The number of unbranched alkanes of at least 4 members (excludes halogenated alkanes) is 5. The number of nitrogens with two attached hydrogens (primary N) is 1. The predicted octanol–water partition coefficient (Wildman–Crippen LogP) is 3.74. The topological polar surface area (TPSA) is 55.5 Å². The Morgan fingerprint density at radius 3 is 2.45 bits per heavy atom. The van der Waals surface area contributed by atoms with Crippen molar-refractivity contribution < 1.29 is 9.84 Å². The van der Waals surface area contributed by atoms with Crippen LogP contribution >= 0.6 is 0 Å². The maximum Gasteiger partial charge on any atom is 0.0845 e. The zero-order valence-electron chi connectivity index (χ0n) is 13.9. The van der Waals surface area contributed by atoms with Gasteiger partial charge in [-0.25, -0.2) is 0 Å². The van der Waals surface area contributed by atoms with Gasteiger partial charge in [0.15, 0.2) is 0 Å². The number of ether oxygens (including phenoxy) is 1. The molecule has 1 aromatic rings. The van der Waals surface area contributed by atoms with Crippen molar-refractivity contribution in [3.8, 4) is 0 Å². The summed E-state index contributed by atoms with van der Waals surface area (Å²) < 4.78 is 5.74. The van der Waals surface area contributed by atoms with Crippen LogP contribution in [0.1, 0.15) is 69.1 Å². The SMILES string of the molecule is CCCCCCCCc1ccc([C@@H]2C[C@](N)(CO)CO2)cc1. The van der Waals surface area contributed by atoms with E-state index in [1.165, 1.54) is 49.7 Å². The molecule has 0 amide bonds. The van der Waals surface area contributed by atoms with E-state index in [4.69, 9.17) is 10.5 Å². The third-order valence-corrected chi connectivity index (χ3v) is 4.65. The first kappa shape index (κ1) is 17.5. The van der Waals surface area contributed by atoms with E-state index in [0.29, 0.717) is 13.0 Å². The van der Waals surface area contributed by atoms with Gasteiger partial charge in [0.05, 0.1) is 24.9 Å². The normalized spacial score (nSPS) is 24.8. The minimum Gasteiger partial charge on any atom is -0.394 e. The lowest BCUT2D eigenvalue weighted by Crippen LogP contribution is -2.44. The van der Waals surface area contributed by atoms with Crippen LogP contribution in [-0.2, 0) is 11.2 Å². The van der Waals surface area contributed by atoms with E-state index in [2.05, 4.69) is 31.2 Å². The van der Waals surface area contributed by atoms with Crippen molar-refractivity contribution >= 4 is 0 Å². The monoisotopic (exact) mass is 305 g/mol. The summed E-state index contributed by atoms with van der Waals surface area (Å²) in [6.07, 6.45) is 9.91. The van der Waals surface area contributed by atoms with Crippen molar-refractivity contribution in [2.75, 3.05) is 13.2 Å². The Morgan fingerprint density at radius 2 is 1.82 bits per heavy atom. The predicted molar refractivity (Wildman–Crippen MR) is 90.8 cm³/mol. The van der Waals surface area contributed by atoms with E-state index in [1.54, 1.807) is 0 Å². The minimum atomic E-state index is -0.568. The fourth-order valence-electron chi connectivity index (χ4n) is 3.09. The number of benzene rings is 1. The molecule has 3 nitrogen and oxygen atoms in total.